The molecule has 0 aliphatic carbocycles. The number of nitrogens with zero attached hydrogens (tertiary/aromatic N) is 3. The number of halogens is 1. The number of allylic oxidation sites excluding steroid dienone is 1. The van der Waals surface area contributed by atoms with Crippen LogP contribution in [0, 0.1) is 5.82 Å². The average molecular weight is 332 g/mol. The van der Waals surface area contributed by atoms with Gasteiger partial charge in [0.25, 0.3) is 13.3 Å². The lowest BCUT2D eigenvalue weighted by atomic mass is 9.95. The van der Waals surface area contributed by atoms with Crippen molar-refractivity contribution >= 4 is 30.8 Å². The first kappa shape index (κ1) is 15.3. The molecular formula is C18H14BFN4O. The third-order valence-electron chi connectivity index (χ3n) is 4.22. The van der Waals surface area contributed by atoms with Crippen LogP contribution in [0.5, 0.6) is 0 Å². The van der Waals surface area contributed by atoms with Crippen LogP contribution in [-0.4, -0.2) is 36.0 Å². The summed E-state index contributed by atoms with van der Waals surface area (Å²) >= 11 is 0. The molecule has 3 heterocycles. The topological polar surface area (TPSA) is 58.8 Å². The molecule has 2 aromatic heterocycles. The summed E-state index contributed by atoms with van der Waals surface area (Å²) < 4.78 is 16.2. The number of fused-ring (bicyclic) bond motifs is 1. The van der Waals surface area contributed by atoms with Crippen LogP contribution in [0.4, 0.5) is 4.39 Å². The number of aromatic nitrogens is 2. The SMILES string of the molecule is CNC(=O)c1ccc(-c2cnc3ccc(C4=CBN=C4)cn23)cc1F. The third kappa shape index (κ3) is 2.63. The van der Waals surface area contributed by atoms with Crippen LogP contribution >= 0.6 is 0 Å². The van der Waals surface area contributed by atoms with Crippen LogP contribution in [0.2, 0.25) is 0 Å². The van der Waals surface area contributed by atoms with E-state index in [1.807, 2.05) is 28.9 Å². The lowest BCUT2D eigenvalue weighted by Gasteiger charge is -2.07. The summed E-state index contributed by atoms with van der Waals surface area (Å²) in [5, 5.41) is 2.43. The first-order valence-corrected chi connectivity index (χ1v) is 7.87. The fraction of sp³-hybridized carbons (Fsp3) is 0.0556. The van der Waals surface area contributed by atoms with Gasteiger partial charge in [0.2, 0.25) is 0 Å². The van der Waals surface area contributed by atoms with Gasteiger partial charge in [-0.3, -0.25) is 9.20 Å². The number of pyridine rings is 1. The highest BCUT2D eigenvalue weighted by Gasteiger charge is 2.14. The molecule has 0 saturated heterocycles. The van der Waals surface area contributed by atoms with Gasteiger partial charge < -0.3 is 10.2 Å². The molecule has 0 spiro atoms. The summed E-state index contributed by atoms with van der Waals surface area (Å²) in [5.41, 5.74) is 4.29. The Hall–Kier alpha value is -3.22. The first-order chi connectivity index (χ1) is 12.2. The van der Waals surface area contributed by atoms with Gasteiger partial charge in [-0.15, -0.1) is 0 Å². The Morgan fingerprint density at radius 1 is 1.24 bits per heavy atom. The second kappa shape index (κ2) is 6.01. The molecule has 1 N–H and O–H groups in total. The Morgan fingerprint density at radius 2 is 2.08 bits per heavy atom. The zero-order valence-corrected chi connectivity index (χ0v) is 13.5. The maximum atomic E-state index is 14.3. The zero-order valence-electron chi connectivity index (χ0n) is 13.5. The minimum Gasteiger partial charge on any atom is -0.355 e. The number of rotatable bonds is 3. The minimum atomic E-state index is -0.561. The van der Waals surface area contributed by atoms with E-state index in [0.717, 1.165) is 22.5 Å². The maximum absolute atomic E-state index is 14.3. The van der Waals surface area contributed by atoms with Crippen molar-refractivity contribution < 1.29 is 9.18 Å². The van der Waals surface area contributed by atoms with Crippen LogP contribution in [-0.2, 0) is 0 Å². The van der Waals surface area contributed by atoms with Gasteiger partial charge in [0.1, 0.15) is 11.5 Å². The Bertz CT molecular complexity index is 1050. The number of imidazole rings is 1. The molecule has 7 heteroatoms. The molecular weight excluding hydrogens is 318 g/mol. The van der Waals surface area contributed by atoms with Crippen LogP contribution < -0.4 is 5.32 Å². The van der Waals surface area contributed by atoms with E-state index in [0.29, 0.717) is 13.0 Å². The van der Waals surface area contributed by atoms with Crippen molar-refractivity contribution in [1.82, 2.24) is 14.7 Å². The fourth-order valence-electron chi connectivity index (χ4n) is 2.91. The molecule has 4 rings (SSSR count). The summed E-state index contributed by atoms with van der Waals surface area (Å²) in [7, 11) is 2.17. The van der Waals surface area contributed by atoms with Gasteiger partial charge in [0.15, 0.2) is 0 Å². The van der Waals surface area contributed by atoms with Gasteiger partial charge in [-0.05, 0) is 35.4 Å². The number of benzene rings is 1. The highest BCUT2D eigenvalue weighted by Crippen LogP contribution is 2.25. The highest BCUT2D eigenvalue weighted by molar-refractivity contribution is 6.50. The molecule has 25 heavy (non-hydrogen) atoms. The van der Waals surface area contributed by atoms with E-state index < -0.39 is 11.7 Å². The van der Waals surface area contributed by atoms with Crippen molar-refractivity contribution in [3.05, 3.63) is 65.6 Å². The average Bonchev–Trinajstić information content (AvgIpc) is 3.30. The molecule has 1 aliphatic heterocycles. The predicted molar refractivity (Wildman–Crippen MR) is 97.6 cm³/mol. The van der Waals surface area contributed by atoms with E-state index in [4.69, 9.17) is 0 Å². The van der Waals surface area contributed by atoms with Gasteiger partial charge in [-0.2, -0.15) is 0 Å². The normalized spacial score (nSPS) is 13.0. The van der Waals surface area contributed by atoms with Gasteiger partial charge in [0, 0.05) is 25.0 Å². The number of carbonyl (C=O) groups excluding carboxylic acids is 1. The summed E-state index contributed by atoms with van der Waals surface area (Å²) in [5.74, 6) is 1.04. The standard InChI is InChI=1S/C18H14BFN4O/c1-21-18(25)14-4-2-11(6-15(14)20)16-9-22-17-5-3-12(10-24(16)17)13-7-19-23-8-13/h2-10,19H,1H3,(H,21,25). The molecule has 1 aliphatic rings. The van der Waals surface area contributed by atoms with Crippen LogP contribution in [0.15, 0.2) is 53.6 Å². The molecule has 0 unspecified atom stereocenters. The maximum Gasteiger partial charge on any atom is 0.287 e. The van der Waals surface area contributed by atoms with Crippen LogP contribution in [0.25, 0.3) is 22.5 Å². The Balaban J connectivity index is 1.81. The second-order valence-corrected chi connectivity index (χ2v) is 5.72. The van der Waals surface area contributed by atoms with Crippen molar-refractivity contribution in [1.29, 1.82) is 0 Å². The van der Waals surface area contributed by atoms with E-state index in [-0.39, 0.29) is 5.56 Å². The van der Waals surface area contributed by atoms with Gasteiger partial charge in [0.05, 0.1) is 17.5 Å². The first-order valence-electron chi connectivity index (χ1n) is 7.87. The van der Waals surface area contributed by atoms with Crippen molar-refractivity contribution in [3.63, 3.8) is 0 Å². The highest BCUT2D eigenvalue weighted by atomic mass is 19.1. The number of carbonyl (C=O) groups is 1. The van der Waals surface area contributed by atoms with E-state index in [1.54, 1.807) is 12.3 Å². The minimum absolute atomic E-state index is 0.0214. The van der Waals surface area contributed by atoms with E-state index in [1.165, 1.54) is 19.2 Å². The van der Waals surface area contributed by atoms with Crippen molar-refractivity contribution in [2.45, 2.75) is 0 Å². The van der Waals surface area contributed by atoms with Gasteiger partial charge in [-0.1, -0.05) is 12.0 Å². The van der Waals surface area contributed by atoms with Crippen LogP contribution in [0.3, 0.4) is 0 Å². The van der Waals surface area contributed by atoms with Gasteiger partial charge in [-0.25, -0.2) is 9.37 Å². The molecule has 0 atom stereocenters. The van der Waals surface area contributed by atoms with E-state index in [2.05, 4.69) is 21.2 Å². The number of nitrogens with one attached hydrogen (secondary N) is 1. The molecule has 1 aromatic carbocycles. The molecule has 5 nitrogen and oxygen atoms in total. The molecule has 3 aromatic rings. The molecule has 1 amide bonds. The molecule has 0 bridgehead atoms. The molecule has 0 saturated carbocycles. The van der Waals surface area contributed by atoms with E-state index in [9.17, 15) is 9.18 Å². The largest absolute Gasteiger partial charge is 0.355 e. The summed E-state index contributed by atoms with van der Waals surface area (Å²) in [6, 6.07) is 8.47. The third-order valence-corrected chi connectivity index (χ3v) is 4.22. The van der Waals surface area contributed by atoms with Crippen LogP contribution in [0.1, 0.15) is 15.9 Å². The molecule has 122 valence electrons. The summed E-state index contributed by atoms with van der Waals surface area (Å²) in [6.45, 7) is 0. The lowest BCUT2D eigenvalue weighted by Crippen LogP contribution is -2.19. The second-order valence-electron chi connectivity index (χ2n) is 5.72. The fourth-order valence-corrected chi connectivity index (χ4v) is 2.91. The van der Waals surface area contributed by atoms with Crippen molar-refractivity contribution in [3.8, 4) is 11.3 Å². The summed E-state index contributed by atoms with van der Waals surface area (Å²) in [6.07, 6.45) is 5.51. The number of hydrogen-bond acceptors (Lipinski definition) is 3. The number of hydrogen-bond donors (Lipinski definition) is 1. The Labute approximate surface area is 144 Å². The monoisotopic (exact) mass is 332 g/mol. The molecule has 0 fully saturated rings. The Morgan fingerprint density at radius 3 is 2.80 bits per heavy atom. The summed E-state index contributed by atoms with van der Waals surface area (Å²) in [4.78, 5) is 20.2. The smallest absolute Gasteiger partial charge is 0.287 e. The van der Waals surface area contributed by atoms with Gasteiger partial charge >= 0.3 is 0 Å². The molecule has 0 radical (unpaired) electrons. The lowest BCUT2D eigenvalue weighted by molar-refractivity contribution is 0.0959. The predicted octanol–water partition coefficient (Wildman–Crippen LogP) is 2.28. The zero-order chi connectivity index (χ0) is 17.4. The Kier molecular flexibility index (Phi) is 3.68. The number of amides is 1. The quantitative estimate of drug-likeness (QED) is 0.748. The van der Waals surface area contributed by atoms with Crippen molar-refractivity contribution in [2.24, 2.45) is 4.90 Å². The van der Waals surface area contributed by atoms with Crippen molar-refractivity contribution in [2.75, 3.05) is 7.05 Å². The van der Waals surface area contributed by atoms with E-state index >= 15 is 0 Å².